The summed E-state index contributed by atoms with van der Waals surface area (Å²) in [6.45, 7) is 4.00. The first-order chi connectivity index (χ1) is 11.6. The van der Waals surface area contributed by atoms with Crippen LogP contribution >= 0.6 is 0 Å². The Morgan fingerprint density at radius 3 is 2.42 bits per heavy atom. The van der Waals surface area contributed by atoms with Crippen LogP contribution in [0, 0.1) is 0 Å². The Bertz CT molecular complexity index is 625. The van der Waals surface area contributed by atoms with Crippen LogP contribution < -0.4 is 10.6 Å². The molecule has 0 aliphatic heterocycles. The minimum absolute atomic E-state index is 0.0298. The van der Waals surface area contributed by atoms with E-state index in [1.54, 1.807) is 12.4 Å². The average Bonchev–Trinajstić information content (AvgIpc) is 2.62. The van der Waals surface area contributed by atoms with Gasteiger partial charge in [0.05, 0.1) is 19.1 Å². The number of anilines is 1. The van der Waals surface area contributed by atoms with Gasteiger partial charge in [-0.25, -0.2) is 0 Å². The second kappa shape index (κ2) is 9.03. The fourth-order valence-electron chi connectivity index (χ4n) is 2.45. The number of hydrogen-bond acceptors (Lipinski definition) is 4. The summed E-state index contributed by atoms with van der Waals surface area (Å²) in [5.74, 6) is -0.0678. The third-order valence-corrected chi connectivity index (χ3v) is 3.99. The van der Waals surface area contributed by atoms with Crippen LogP contribution in [-0.2, 0) is 11.2 Å². The second-order valence-corrected chi connectivity index (χ2v) is 5.88. The maximum atomic E-state index is 11.9. The normalized spacial score (nSPS) is 13.1. The van der Waals surface area contributed by atoms with Crippen LogP contribution in [0.4, 0.5) is 5.69 Å². The van der Waals surface area contributed by atoms with Crippen LogP contribution in [-0.4, -0.2) is 28.6 Å². The number of hydrogen-bond donors (Lipinski definition) is 3. The molecule has 0 aliphatic rings. The highest BCUT2D eigenvalue weighted by molar-refractivity contribution is 5.79. The Morgan fingerprint density at radius 2 is 1.83 bits per heavy atom. The van der Waals surface area contributed by atoms with Crippen LogP contribution in [0.25, 0.3) is 0 Å². The Hall–Kier alpha value is -2.40. The summed E-state index contributed by atoms with van der Waals surface area (Å²) in [5.41, 5.74) is 3.12. The van der Waals surface area contributed by atoms with Gasteiger partial charge in [0, 0.05) is 24.1 Å². The van der Waals surface area contributed by atoms with Crippen LogP contribution in [0.1, 0.15) is 37.4 Å². The largest absolute Gasteiger partial charge is 0.394 e. The van der Waals surface area contributed by atoms with Gasteiger partial charge in [0.15, 0.2) is 0 Å². The van der Waals surface area contributed by atoms with Crippen LogP contribution in [0.5, 0.6) is 0 Å². The lowest BCUT2D eigenvalue weighted by Crippen LogP contribution is -2.37. The standard InChI is InChI=1S/C19H25N3O2/c1-3-17(13-23)22-19(24)12-15-4-6-18(7-5-15)21-14(2)16-8-10-20-11-9-16/h4-11,14,17,21,23H,3,12-13H2,1-2H3,(H,22,24). The zero-order chi connectivity index (χ0) is 17.4. The zero-order valence-corrected chi connectivity index (χ0v) is 14.2. The van der Waals surface area contributed by atoms with E-state index in [9.17, 15) is 4.79 Å². The molecule has 2 rings (SSSR count). The minimum atomic E-state index is -0.167. The number of aliphatic hydroxyl groups is 1. The maximum absolute atomic E-state index is 11.9. The van der Waals surface area contributed by atoms with Crippen molar-refractivity contribution in [2.75, 3.05) is 11.9 Å². The number of nitrogens with one attached hydrogen (secondary N) is 2. The van der Waals surface area contributed by atoms with Gasteiger partial charge in [-0.2, -0.15) is 0 Å². The van der Waals surface area contributed by atoms with E-state index in [1.807, 2.05) is 43.3 Å². The molecular formula is C19H25N3O2. The number of benzene rings is 1. The van der Waals surface area contributed by atoms with Crippen molar-refractivity contribution in [2.24, 2.45) is 0 Å². The maximum Gasteiger partial charge on any atom is 0.224 e. The molecule has 2 atom stereocenters. The van der Waals surface area contributed by atoms with E-state index in [0.717, 1.165) is 17.7 Å². The van der Waals surface area contributed by atoms with Gasteiger partial charge in [-0.05, 0) is 48.7 Å². The lowest BCUT2D eigenvalue weighted by Gasteiger charge is -2.16. The fourth-order valence-corrected chi connectivity index (χ4v) is 2.45. The molecule has 2 aromatic rings. The number of pyridine rings is 1. The molecule has 0 saturated heterocycles. The van der Waals surface area contributed by atoms with E-state index >= 15 is 0 Å². The molecule has 0 radical (unpaired) electrons. The lowest BCUT2D eigenvalue weighted by atomic mass is 10.1. The summed E-state index contributed by atoms with van der Waals surface area (Å²) in [5, 5.41) is 15.4. The van der Waals surface area contributed by atoms with Gasteiger partial charge in [-0.15, -0.1) is 0 Å². The van der Waals surface area contributed by atoms with Crippen molar-refractivity contribution in [3.05, 3.63) is 59.9 Å². The van der Waals surface area contributed by atoms with Crippen molar-refractivity contribution in [3.8, 4) is 0 Å². The van der Waals surface area contributed by atoms with Gasteiger partial charge < -0.3 is 15.7 Å². The number of rotatable bonds is 8. The van der Waals surface area contributed by atoms with Crippen molar-refractivity contribution in [3.63, 3.8) is 0 Å². The molecule has 2 unspecified atom stereocenters. The molecule has 1 aromatic heterocycles. The second-order valence-electron chi connectivity index (χ2n) is 5.88. The first-order valence-corrected chi connectivity index (χ1v) is 8.28. The van der Waals surface area contributed by atoms with Gasteiger partial charge in [-0.1, -0.05) is 19.1 Å². The van der Waals surface area contributed by atoms with Gasteiger partial charge >= 0.3 is 0 Å². The molecule has 0 spiro atoms. The van der Waals surface area contributed by atoms with Crippen molar-refractivity contribution < 1.29 is 9.90 Å². The van der Waals surface area contributed by atoms with Crippen LogP contribution in [0.15, 0.2) is 48.8 Å². The first-order valence-electron chi connectivity index (χ1n) is 8.28. The number of carbonyl (C=O) groups excluding carboxylic acids is 1. The van der Waals surface area contributed by atoms with E-state index in [1.165, 1.54) is 5.56 Å². The van der Waals surface area contributed by atoms with Crippen molar-refractivity contribution in [1.82, 2.24) is 10.3 Å². The Morgan fingerprint density at radius 1 is 1.17 bits per heavy atom. The molecule has 1 heterocycles. The molecule has 0 aliphatic carbocycles. The molecule has 0 saturated carbocycles. The average molecular weight is 327 g/mol. The number of amides is 1. The number of nitrogens with zero attached hydrogens (tertiary/aromatic N) is 1. The third-order valence-electron chi connectivity index (χ3n) is 3.99. The minimum Gasteiger partial charge on any atom is -0.394 e. The Labute approximate surface area is 143 Å². The quantitative estimate of drug-likeness (QED) is 0.697. The summed E-state index contributed by atoms with van der Waals surface area (Å²) in [7, 11) is 0. The molecule has 24 heavy (non-hydrogen) atoms. The van der Waals surface area contributed by atoms with E-state index in [2.05, 4.69) is 22.5 Å². The number of aromatic nitrogens is 1. The van der Waals surface area contributed by atoms with Gasteiger partial charge in [0.2, 0.25) is 5.91 Å². The first kappa shape index (κ1) is 17.9. The zero-order valence-electron chi connectivity index (χ0n) is 14.2. The molecule has 1 aromatic carbocycles. The molecule has 0 fully saturated rings. The van der Waals surface area contributed by atoms with Gasteiger partial charge in [0.1, 0.15) is 0 Å². The predicted octanol–water partition coefficient (Wildman–Crippen LogP) is 2.68. The number of aliphatic hydroxyl groups excluding tert-OH is 1. The highest BCUT2D eigenvalue weighted by Gasteiger charge is 2.10. The van der Waals surface area contributed by atoms with Crippen LogP contribution in [0.3, 0.4) is 0 Å². The molecule has 0 bridgehead atoms. The van der Waals surface area contributed by atoms with Crippen molar-refractivity contribution in [2.45, 2.75) is 38.8 Å². The summed E-state index contributed by atoms with van der Waals surface area (Å²) < 4.78 is 0. The molecule has 5 nitrogen and oxygen atoms in total. The Kier molecular flexibility index (Phi) is 6.75. The summed E-state index contributed by atoms with van der Waals surface area (Å²) in [4.78, 5) is 16.0. The third kappa shape index (κ3) is 5.35. The molecule has 5 heteroatoms. The fraction of sp³-hybridized carbons (Fsp3) is 0.368. The van der Waals surface area contributed by atoms with Crippen molar-refractivity contribution >= 4 is 11.6 Å². The topological polar surface area (TPSA) is 74.2 Å². The highest BCUT2D eigenvalue weighted by atomic mass is 16.3. The monoisotopic (exact) mass is 327 g/mol. The van der Waals surface area contributed by atoms with E-state index < -0.39 is 0 Å². The summed E-state index contributed by atoms with van der Waals surface area (Å²) >= 11 is 0. The molecule has 128 valence electrons. The SMILES string of the molecule is CCC(CO)NC(=O)Cc1ccc(NC(C)c2ccncc2)cc1. The summed E-state index contributed by atoms with van der Waals surface area (Å²) in [6, 6.07) is 11.8. The molecule has 3 N–H and O–H groups in total. The van der Waals surface area contributed by atoms with Crippen molar-refractivity contribution in [1.29, 1.82) is 0 Å². The van der Waals surface area contributed by atoms with Crippen LogP contribution in [0.2, 0.25) is 0 Å². The molecule has 1 amide bonds. The van der Waals surface area contributed by atoms with E-state index in [4.69, 9.17) is 5.11 Å². The number of carbonyl (C=O) groups is 1. The Balaban J connectivity index is 1.90. The predicted molar refractivity (Wildman–Crippen MR) is 95.7 cm³/mol. The smallest absolute Gasteiger partial charge is 0.224 e. The lowest BCUT2D eigenvalue weighted by molar-refractivity contribution is -0.121. The highest BCUT2D eigenvalue weighted by Crippen LogP contribution is 2.19. The van der Waals surface area contributed by atoms with Gasteiger partial charge in [-0.3, -0.25) is 9.78 Å². The molecular weight excluding hydrogens is 302 g/mol. The van der Waals surface area contributed by atoms with E-state index in [-0.39, 0.29) is 24.6 Å². The van der Waals surface area contributed by atoms with Gasteiger partial charge in [0.25, 0.3) is 0 Å². The van der Waals surface area contributed by atoms with E-state index in [0.29, 0.717) is 6.42 Å². The summed E-state index contributed by atoms with van der Waals surface area (Å²) in [6.07, 6.45) is 4.60.